The molecule has 0 radical (unpaired) electrons. The zero-order valence-corrected chi connectivity index (χ0v) is 14.4. The van der Waals surface area contributed by atoms with Gasteiger partial charge in [-0.1, -0.05) is 43.7 Å². The van der Waals surface area contributed by atoms with Gasteiger partial charge in [0, 0.05) is 12.1 Å². The van der Waals surface area contributed by atoms with Crippen molar-refractivity contribution in [1.29, 1.82) is 0 Å². The second kappa shape index (κ2) is 9.46. The van der Waals surface area contributed by atoms with Gasteiger partial charge in [0.05, 0.1) is 0 Å². The van der Waals surface area contributed by atoms with E-state index < -0.39 is 0 Å². The summed E-state index contributed by atoms with van der Waals surface area (Å²) in [4.78, 5) is 0. The molecule has 0 heterocycles. The third kappa shape index (κ3) is 7.96. The summed E-state index contributed by atoms with van der Waals surface area (Å²) >= 11 is 2.06. The van der Waals surface area contributed by atoms with Crippen molar-refractivity contribution in [3.8, 4) is 0 Å². The van der Waals surface area contributed by atoms with Crippen LogP contribution in [0.4, 0.5) is 0 Å². The first-order chi connectivity index (χ1) is 9.53. The minimum Gasteiger partial charge on any atom is -0.311 e. The maximum Gasteiger partial charge on any atom is 0.00967 e. The number of unbranched alkanes of at least 4 members (excludes halogenated alkanes) is 1. The highest BCUT2D eigenvalue weighted by Gasteiger charge is 2.15. The lowest BCUT2D eigenvalue weighted by Crippen LogP contribution is -2.38. The van der Waals surface area contributed by atoms with Gasteiger partial charge in [0.15, 0.2) is 0 Å². The smallest absolute Gasteiger partial charge is 0.00967 e. The van der Waals surface area contributed by atoms with Gasteiger partial charge in [-0.05, 0) is 56.6 Å². The molecule has 1 unspecified atom stereocenters. The van der Waals surface area contributed by atoms with Gasteiger partial charge in [0.2, 0.25) is 0 Å². The minimum atomic E-state index is 0.199. The van der Waals surface area contributed by atoms with Crippen molar-refractivity contribution in [3.05, 3.63) is 35.9 Å². The van der Waals surface area contributed by atoms with E-state index in [1.54, 1.807) is 0 Å². The lowest BCUT2D eigenvalue weighted by molar-refractivity contribution is 0.396. The monoisotopic (exact) mass is 293 g/mol. The van der Waals surface area contributed by atoms with Gasteiger partial charge in [-0.2, -0.15) is 11.8 Å². The second-order valence-corrected chi connectivity index (χ2v) is 7.83. The Morgan fingerprint density at radius 3 is 2.40 bits per heavy atom. The highest BCUT2D eigenvalue weighted by Crippen LogP contribution is 2.22. The van der Waals surface area contributed by atoms with Crippen LogP contribution in [0.2, 0.25) is 0 Å². The first-order valence-corrected chi connectivity index (χ1v) is 9.06. The van der Waals surface area contributed by atoms with Gasteiger partial charge in [-0.15, -0.1) is 0 Å². The zero-order valence-electron chi connectivity index (χ0n) is 13.6. The fraction of sp³-hybridized carbons (Fsp3) is 0.667. The van der Waals surface area contributed by atoms with E-state index in [1.807, 2.05) is 0 Å². The molecule has 0 fully saturated rings. The topological polar surface area (TPSA) is 12.0 Å². The summed E-state index contributed by atoms with van der Waals surface area (Å²) in [6.07, 6.45) is 3.97. The number of hydrogen-bond donors (Lipinski definition) is 1. The maximum absolute atomic E-state index is 3.67. The van der Waals surface area contributed by atoms with Crippen LogP contribution in [-0.2, 0) is 0 Å². The van der Waals surface area contributed by atoms with Crippen molar-refractivity contribution in [2.45, 2.75) is 58.4 Å². The molecular formula is C18H31NS. The molecule has 1 aromatic rings. The number of nitrogens with one attached hydrogen (secondary N) is 1. The molecule has 114 valence electrons. The van der Waals surface area contributed by atoms with Crippen LogP contribution in [-0.4, -0.2) is 23.6 Å². The number of rotatable bonds is 9. The molecule has 0 aliphatic rings. The fourth-order valence-corrected chi connectivity index (χ4v) is 2.98. The Morgan fingerprint density at radius 2 is 1.80 bits per heavy atom. The summed E-state index contributed by atoms with van der Waals surface area (Å²) in [5, 5.41) is 3.67. The summed E-state index contributed by atoms with van der Waals surface area (Å²) in [6, 6.07) is 11.0. The zero-order chi connectivity index (χ0) is 14.8. The van der Waals surface area contributed by atoms with E-state index in [0.717, 1.165) is 6.54 Å². The molecule has 1 nitrogen and oxygen atoms in total. The van der Waals surface area contributed by atoms with Crippen LogP contribution in [0.3, 0.4) is 0 Å². The highest BCUT2D eigenvalue weighted by atomic mass is 32.2. The fourth-order valence-electron chi connectivity index (χ4n) is 2.28. The van der Waals surface area contributed by atoms with Crippen LogP contribution in [0.5, 0.6) is 0 Å². The van der Waals surface area contributed by atoms with Crippen molar-refractivity contribution in [1.82, 2.24) is 5.32 Å². The lowest BCUT2D eigenvalue weighted by Gasteiger charge is -2.25. The molecule has 0 aliphatic carbocycles. The normalized spacial score (nSPS) is 13.4. The van der Waals surface area contributed by atoms with Crippen molar-refractivity contribution in [3.63, 3.8) is 0 Å². The lowest BCUT2D eigenvalue weighted by atomic mass is 9.92. The second-order valence-electron chi connectivity index (χ2n) is 6.43. The van der Waals surface area contributed by atoms with E-state index in [1.165, 1.54) is 36.3 Å². The summed E-state index contributed by atoms with van der Waals surface area (Å²) < 4.78 is 0. The van der Waals surface area contributed by atoms with Gasteiger partial charge in [-0.25, -0.2) is 0 Å². The van der Waals surface area contributed by atoms with Crippen LogP contribution >= 0.6 is 11.8 Å². The molecule has 0 amide bonds. The minimum absolute atomic E-state index is 0.199. The molecule has 0 aliphatic heterocycles. The molecule has 0 bridgehead atoms. The molecule has 20 heavy (non-hydrogen) atoms. The summed E-state index contributed by atoms with van der Waals surface area (Å²) in [5.74, 6) is 3.19. The molecule has 0 saturated heterocycles. The predicted molar refractivity (Wildman–Crippen MR) is 93.8 cm³/mol. The molecular weight excluding hydrogens is 262 g/mol. The van der Waals surface area contributed by atoms with E-state index in [2.05, 4.69) is 75.1 Å². The van der Waals surface area contributed by atoms with Crippen LogP contribution in [0, 0.1) is 0 Å². The van der Waals surface area contributed by atoms with E-state index >= 15 is 0 Å². The van der Waals surface area contributed by atoms with Crippen molar-refractivity contribution >= 4 is 11.8 Å². The Kier molecular flexibility index (Phi) is 8.32. The summed E-state index contributed by atoms with van der Waals surface area (Å²) in [6.45, 7) is 10.0. The van der Waals surface area contributed by atoms with Gasteiger partial charge in [-0.3, -0.25) is 0 Å². The number of benzene rings is 1. The molecule has 1 aromatic carbocycles. The SMILES string of the molecule is CCSCCCCC(CNC(C)(C)C)c1ccccc1. The summed E-state index contributed by atoms with van der Waals surface area (Å²) in [5.41, 5.74) is 1.68. The Morgan fingerprint density at radius 1 is 1.10 bits per heavy atom. The molecule has 1 N–H and O–H groups in total. The predicted octanol–water partition coefficient (Wildman–Crippen LogP) is 5.08. The van der Waals surface area contributed by atoms with Crippen molar-refractivity contribution < 1.29 is 0 Å². The van der Waals surface area contributed by atoms with Crippen LogP contribution in [0.25, 0.3) is 0 Å². The largest absolute Gasteiger partial charge is 0.311 e. The average molecular weight is 294 g/mol. The van der Waals surface area contributed by atoms with E-state index in [0.29, 0.717) is 5.92 Å². The van der Waals surface area contributed by atoms with Gasteiger partial charge < -0.3 is 5.32 Å². The Bertz CT molecular complexity index is 342. The van der Waals surface area contributed by atoms with E-state index in [9.17, 15) is 0 Å². The standard InChI is InChI=1S/C18H31NS/c1-5-20-14-10-9-13-17(15-19-18(2,3)4)16-11-7-6-8-12-16/h6-8,11-12,17,19H,5,9-10,13-15H2,1-4H3. The van der Waals surface area contributed by atoms with Crippen LogP contribution in [0.15, 0.2) is 30.3 Å². The Balaban J connectivity index is 2.47. The van der Waals surface area contributed by atoms with E-state index in [4.69, 9.17) is 0 Å². The molecule has 0 spiro atoms. The molecule has 0 aromatic heterocycles. The molecule has 1 atom stereocenters. The molecule has 1 rings (SSSR count). The maximum atomic E-state index is 3.67. The third-order valence-corrected chi connectivity index (χ3v) is 4.43. The van der Waals surface area contributed by atoms with Gasteiger partial charge >= 0.3 is 0 Å². The first kappa shape index (κ1) is 17.6. The highest BCUT2D eigenvalue weighted by molar-refractivity contribution is 7.99. The van der Waals surface area contributed by atoms with Gasteiger partial charge in [0.25, 0.3) is 0 Å². The molecule has 0 saturated carbocycles. The van der Waals surface area contributed by atoms with Gasteiger partial charge in [0.1, 0.15) is 0 Å². The van der Waals surface area contributed by atoms with Crippen LogP contribution in [0.1, 0.15) is 58.4 Å². The molecule has 2 heteroatoms. The number of thioether (sulfide) groups is 1. The van der Waals surface area contributed by atoms with Crippen molar-refractivity contribution in [2.75, 3.05) is 18.1 Å². The summed E-state index contributed by atoms with van der Waals surface area (Å²) in [7, 11) is 0. The quantitative estimate of drug-likeness (QED) is 0.637. The van der Waals surface area contributed by atoms with Crippen LogP contribution < -0.4 is 5.32 Å². The number of hydrogen-bond acceptors (Lipinski definition) is 2. The Hall–Kier alpha value is -0.470. The average Bonchev–Trinajstić information content (AvgIpc) is 2.42. The third-order valence-electron chi connectivity index (χ3n) is 3.45. The van der Waals surface area contributed by atoms with Crippen molar-refractivity contribution in [2.24, 2.45) is 0 Å². The Labute approximate surface area is 129 Å². The first-order valence-electron chi connectivity index (χ1n) is 7.90. The van der Waals surface area contributed by atoms with E-state index in [-0.39, 0.29) is 5.54 Å².